The van der Waals surface area contributed by atoms with E-state index < -0.39 is 0 Å². The van der Waals surface area contributed by atoms with Crippen LogP contribution in [0.2, 0.25) is 0 Å². The summed E-state index contributed by atoms with van der Waals surface area (Å²) in [6, 6.07) is 7.83. The van der Waals surface area contributed by atoms with E-state index in [1.807, 2.05) is 36.4 Å². The lowest BCUT2D eigenvalue weighted by atomic mass is 10.2. The molecule has 0 heterocycles. The first-order valence-corrected chi connectivity index (χ1v) is 4.27. The van der Waals surface area contributed by atoms with Gasteiger partial charge in [0.2, 0.25) is 0 Å². The van der Waals surface area contributed by atoms with Gasteiger partial charge in [0.1, 0.15) is 5.75 Å². The van der Waals surface area contributed by atoms with Gasteiger partial charge in [-0.3, -0.25) is 0 Å². The molecule has 0 radical (unpaired) electrons. The predicted octanol–water partition coefficient (Wildman–Crippen LogP) is 2.95. The Hall–Kier alpha value is -0.950. The van der Waals surface area contributed by atoms with Crippen LogP contribution < -0.4 is 4.74 Å². The van der Waals surface area contributed by atoms with Gasteiger partial charge >= 0.3 is 0 Å². The SMILES string of the molecule is COc1cccc(/C=C/CCl)c1. The molecule has 0 aliphatic heterocycles. The second-order valence-corrected chi connectivity index (χ2v) is 2.64. The molecule has 0 saturated carbocycles. The average molecular weight is 183 g/mol. The summed E-state index contributed by atoms with van der Waals surface area (Å²) in [5, 5.41) is 0. The first-order chi connectivity index (χ1) is 5.86. The second-order valence-electron chi connectivity index (χ2n) is 2.33. The highest BCUT2D eigenvalue weighted by molar-refractivity contribution is 6.19. The topological polar surface area (TPSA) is 9.23 Å². The van der Waals surface area contributed by atoms with Gasteiger partial charge in [-0.25, -0.2) is 0 Å². The Morgan fingerprint density at radius 2 is 2.33 bits per heavy atom. The van der Waals surface area contributed by atoms with Gasteiger partial charge in [-0.05, 0) is 17.7 Å². The maximum absolute atomic E-state index is 5.51. The summed E-state index contributed by atoms with van der Waals surface area (Å²) >= 11 is 5.51. The van der Waals surface area contributed by atoms with Crippen molar-refractivity contribution in [1.82, 2.24) is 0 Å². The molecule has 2 heteroatoms. The number of ether oxygens (including phenoxy) is 1. The fraction of sp³-hybridized carbons (Fsp3) is 0.200. The number of alkyl halides is 1. The zero-order valence-corrected chi connectivity index (χ0v) is 7.71. The third kappa shape index (κ3) is 2.59. The van der Waals surface area contributed by atoms with Crippen molar-refractivity contribution in [2.75, 3.05) is 13.0 Å². The Morgan fingerprint density at radius 3 is 3.00 bits per heavy atom. The van der Waals surface area contributed by atoms with Gasteiger partial charge < -0.3 is 4.74 Å². The highest BCUT2D eigenvalue weighted by atomic mass is 35.5. The molecule has 0 fully saturated rings. The average Bonchev–Trinajstić information content (AvgIpc) is 2.15. The van der Waals surface area contributed by atoms with Crippen molar-refractivity contribution < 1.29 is 4.74 Å². The van der Waals surface area contributed by atoms with Gasteiger partial charge in [-0.15, -0.1) is 11.6 Å². The Morgan fingerprint density at radius 1 is 1.50 bits per heavy atom. The molecule has 0 N–H and O–H groups in total. The van der Waals surface area contributed by atoms with E-state index in [1.54, 1.807) is 7.11 Å². The molecule has 0 aliphatic carbocycles. The van der Waals surface area contributed by atoms with Gasteiger partial charge in [0.15, 0.2) is 0 Å². The van der Waals surface area contributed by atoms with Crippen LogP contribution in [0.15, 0.2) is 30.3 Å². The van der Waals surface area contributed by atoms with Gasteiger partial charge in [0, 0.05) is 5.88 Å². The van der Waals surface area contributed by atoms with E-state index in [-0.39, 0.29) is 0 Å². The quantitative estimate of drug-likeness (QED) is 0.654. The van der Waals surface area contributed by atoms with Crippen LogP contribution in [0, 0.1) is 0 Å². The molecule has 12 heavy (non-hydrogen) atoms. The summed E-state index contributed by atoms with van der Waals surface area (Å²) in [6.45, 7) is 0. The van der Waals surface area contributed by atoms with Crippen molar-refractivity contribution in [2.24, 2.45) is 0 Å². The van der Waals surface area contributed by atoms with Crippen molar-refractivity contribution in [2.45, 2.75) is 0 Å². The zero-order valence-electron chi connectivity index (χ0n) is 6.96. The Bertz CT molecular complexity index is 268. The van der Waals surface area contributed by atoms with E-state index in [0.717, 1.165) is 11.3 Å². The van der Waals surface area contributed by atoms with Gasteiger partial charge in [-0.1, -0.05) is 24.3 Å². The standard InChI is InChI=1S/C10H11ClO/c1-12-10-6-2-4-9(8-10)5-3-7-11/h2-6,8H,7H2,1H3/b5-3+. The molecule has 0 spiro atoms. The molecular weight excluding hydrogens is 172 g/mol. The first-order valence-electron chi connectivity index (χ1n) is 3.73. The van der Waals surface area contributed by atoms with Gasteiger partial charge in [-0.2, -0.15) is 0 Å². The zero-order chi connectivity index (χ0) is 8.81. The van der Waals surface area contributed by atoms with Crippen LogP contribution in [-0.2, 0) is 0 Å². The lowest BCUT2D eigenvalue weighted by Gasteiger charge is -1.99. The highest BCUT2D eigenvalue weighted by Crippen LogP contribution is 2.13. The first kappa shape index (κ1) is 9.14. The number of hydrogen-bond acceptors (Lipinski definition) is 1. The third-order valence-electron chi connectivity index (χ3n) is 1.49. The number of methoxy groups -OCH3 is 1. The van der Waals surface area contributed by atoms with E-state index in [2.05, 4.69) is 0 Å². The summed E-state index contributed by atoms with van der Waals surface area (Å²) in [5.41, 5.74) is 1.11. The number of halogens is 1. The molecular formula is C10H11ClO. The van der Waals surface area contributed by atoms with E-state index in [4.69, 9.17) is 16.3 Å². The molecule has 0 amide bonds. The van der Waals surface area contributed by atoms with Crippen LogP contribution in [0.3, 0.4) is 0 Å². The molecule has 0 unspecified atom stereocenters. The highest BCUT2D eigenvalue weighted by Gasteiger charge is 1.89. The molecule has 0 saturated heterocycles. The minimum Gasteiger partial charge on any atom is -0.497 e. The van der Waals surface area contributed by atoms with E-state index in [9.17, 15) is 0 Å². The minimum absolute atomic E-state index is 0.539. The van der Waals surface area contributed by atoms with Crippen molar-refractivity contribution in [1.29, 1.82) is 0 Å². The predicted molar refractivity (Wildman–Crippen MR) is 52.7 cm³/mol. The minimum atomic E-state index is 0.539. The van der Waals surface area contributed by atoms with Crippen LogP contribution in [-0.4, -0.2) is 13.0 Å². The second kappa shape index (κ2) is 4.83. The Labute approximate surface area is 77.6 Å². The third-order valence-corrected chi connectivity index (χ3v) is 1.67. The van der Waals surface area contributed by atoms with Crippen LogP contribution in [0.1, 0.15) is 5.56 Å². The Balaban J connectivity index is 2.79. The molecule has 0 aromatic heterocycles. The molecule has 1 aromatic rings. The van der Waals surface area contributed by atoms with Crippen molar-refractivity contribution in [3.05, 3.63) is 35.9 Å². The van der Waals surface area contributed by atoms with Gasteiger partial charge in [0.05, 0.1) is 7.11 Å². The summed E-state index contributed by atoms with van der Waals surface area (Å²) < 4.78 is 5.07. The molecule has 0 bridgehead atoms. The molecule has 1 rings (SSSR count). The van der Waals surface area contributed by atoms with Crippen LogP contribution in [0.25, 0.3) is 6.08 Å². The van der Waals surface area contributed by atoms with Crippen molar-refractivity contribution in [3.8, 4) is 5.75 Å². The molecule has 1 nitrogen and oxygen atoms in total. The smallest absolute Gasteiger partial charge is 0.119 e. The maximum atomic E-state index is 5.51. The van der Waals surface area contributed by atoms with Crippen molar-refractivity contribution >= 4 is 17.7 Å². The summed E-state index contributed by atoms with van der Waals surface area (Å²) in [5.74, 6) is 1.41. The number of hydrogen-bond donors (Lipinski definition) is 0. The lowest BCUT2D eigenvalue weighted by molar-refractivity contribution is 0.414. The molecule has 1 aromatic carbocycles. The van der Waals surface area contributed by atoms with E-state index >= 15 is 0 Å². The summed E-state index contributed by atoms with van der Waals surface area (Å²) in [6.07, 6.45) is 3.87. The van der Waals surface area contributed by atoms with Crippen LogP contribution >= 0.6 is 11.6 Å². The van der Waals surface area contributed by atoms with Crippen LogP contribution in [0.4, 0.5) is 0 Å². The number of rotatable bonds is 3. The normalized spacial score (nSPS) is 10.5. The maximum Gasteiger partial charge on any atom is 0.119 e. The molecule has 64 valence electrons. The van der Waals surface area contributed by atoms with Crippen molar-refractivity contribution in [3.63, 3.8) is 0 Å². The monoisotopic (exact) mass is 182 g/mol. The fourth-order valence-corrected chi connectivity index (χ4v) is 1.01. The van der Waals surface area contributed by atoms with Crippen LogP contribution in [0.5, 0.6) is 5.75 Å². The van der Waals surface area contributed by atoms with E-state index in [1.165, 1.54) is 0 Å². The fourth-order valence-electron chi connectivity index (χ4n) is 0.926. The number of allylic oxidation sites excluding steroid dienone is 1. The summed E-state index contributed by atoms with van der Waals surface area (Å²) in [4.78, 5) is 0. The largest absolute Gasteiger partial charge is 0.497 e. The number of benzene rings is 1. The lowest BCUT2D eigenvalue weighted by Crippen LogP contribution is -1.82. The molecule has 0 aliphatic rings. The van der Waals surface area contributed by atoms with E-state index in [0.29, 0.717) is 5.88 Å². The molecule has 0 atom stereocenters. The summed E-state index contributed by atoms with van der Waals surface area (Å²) in [7, 11) is 1.66. The van der Waals surface area contributed by atoms with Gasteiger partial charge in [0.25, 0.3) is 0 Å². The Kier molecular flexibility index (Phi) is 3.68.